The quantitative estimate of drug-likeness (QED) is 0.317. The summed E-state index contributed by atoms with van der Waals surface area (Å²) in [7, 11) is -3.90. The SMILES string of the molecule is CC(=O)c1cc2c(cc1NC(=[NH+]S(=O)(=O)c1ccc(Br)cc1)c1ccccc1)OCO2. The van der Waals surface area contributed by atoms with Crippen LogP contribution >= 0.6 is 15.9 Å². The number of fused-ring (bicyclic) bond motifs is 1. The van der Waals surface area contributed by atoms with Crippen molar-refractivity contribution in [3.63, 3.8) is 0 Å². The van der Waals surface area contributed by atoms with Gasteiger partial charge in [0.25, 0.3) is 5.84 Å². The largest absolute Gasteiger partial charge is 0.454 e. The van der Waals surface area contributed by atoms with Gasteiger partial charge in [0.05, 0.1) is 11.1 Å². The van der Waals surface area contributed by atoms with Gasteiger partial charge in [0.2, 0.25) is 6.79 Å². The van der Waals surface area contributed by atoms with E-state index in [0.29, 0.717) is 28.3 Å². The predicted octanol–water partition coefficient (Wildman–Crippen LogP) is 2.71. The van der Waals surface area contributed by atoms with E-state index >= 15 is 0 Å². The third-order valence-corrected chi connectivity index (χ3v) is 6.47. The highest BCUT2D eigenvalue weighted by atomic mass is 79.9. The first-order valence-electron chi connectivity index (χ1n) is 9.26. The molecule has 0 saturated carbocycles. The molecule has 0 amide bonds. The second-order valence-electron chi connectivity index (χ2n) is 6.73. The molecule has 3 aromatic rings. The van der Waals surface area contributed by atoms with Crippen molar-refractivity contribution in [2.45, 2.75) is 11.8 Å². The van der Waals surface area contributed by atoms with Crippen molar-refractivity contribution in [2.24, 2.45) is 0 Å². The summed E-state index contributed by atoms with van der Waals surface area (Å²) in [6, 6.07) is 18.4. The van der Waals surface area contributed by atoms with E-state index in [1.165, 1.54) is 19.1 Å². The van der Waals surface area contributed by atoms with Crippen LogP contribution in [0.25, 0.3) is 0 Å². The molecule has 1 aliphatic rings. The van der Waals surface area contributed by atoms with Gasteiger partial charge < -0.3 is 9.47 Å². The lowest BCUT2D eigenvalue weighted by Gasteiger charge is -2.09. The zero-order valence-corrected chi connectivity index (χ0v) is 18.8. The van der Waals surface area contributed by atoms with E-state index in [2.05, 4.69) is 25.6 Å². The van der Waals surface area contributed by atoms with Crippen LogP contribution in [0.4, 0.5) is 5.69 Å². The van der Waals surface area contributed by atoms with Gasteiger partial charge in [-0.1, -0.05) is 34.1 Å². The Kier molecular flexibility index (Phi) is 5.79. The molecule has 9 heteroatoms. The van der Waals surface area contributed by atoms with Gasteiger partial charge in [-0.25, -0.2) is 5.32 Å². The van der Waals surface area contributed by atoms with Crippen molar-refractivity contribution in [1.29, 1.82) is 0 Å². The van der Waals surface area contributed by atoms with Gasteiger partial charge in [-0.3, -0.25) is 4.79 Å². The van der Waals surface area contributed by atoms with Crippen molar-refractivity contribution >= 4 is 43.3 Å². The molecule has 0 bridgehead atoms. The van der Waals surface area contributed by atoms with Gasteiger partial charge in [-0.15, -0.1) is 0 Å². The average Bonchev–Trinajstić information content (AvgIpc) is 3.21. The Hall–Kier alpha value is -3.17. The van der Waals surface area contributed by atoms with E-state index in [1.807, 2.05) is 6.07 Å². The first-order chi connectivity index (χ1) is 14.8. The van der Waals surface area contributed by atoms with Crippen LogP contribution in [-0.2, 0) is 10.0 Å². The highest BCUT2D eigenvalue weighted by Gasteiger charge is 2.25. The summed E-state index contributed by atoms with van der Waals surface area (Å²) in [5, 5.41) is 3.07. The minimum absolute atomic E-state index is 0.0571. The van der Waals surface area contributed by atoms with Crippen LogP contribution < -0.4 is 19.2 Å². The molecule has 31 heavy (non-hydrogen) atoms. The highest BCUT2D eigenvalue weighted by molar-refractivity contribution is 9.10. The molecule has 0 radical (unpaired) electrons. The minimum Gasteiger partial charge on any atom is -0.454 e. The number of carbonyl (C=O) groups is 1. The molecule has 158 valence electrons. The Morgan fingerprint density at radius 3 is 2.29 bits per heavy atom. The first kappa shape index (κ1) is 21.1. The fraction of sp³-hybridized carbons (Fsp3) is 0.0909. The number of rotatable bonds is 5. The Morgan fingerprint density at radius 2 is 1.65 bits per heavy atom. The fourth-order valence-corrected chi connectivity index (χ4v) is 4.35. The summed E-state index contributed by atoms with van der Waals surface area (Å²) in [6.45, 7) is 1.48. The maximum absolute atomic E-state index is 13.0. The number of ether oxygens (including phenoxy) is 2. The molecule has 1 heterocycles. The summed E-state index contributed by atoms with van der Waals surface area (Å²) in [6.07, 6.45) is 0. The molecule has 0 unspecified atom stereocenters. The van der Waals surface area contributed by atoms with E-state index in [1.54, 1.807) is 48.5 Å². The van der Waals surface area contributed by atoms with E-state index < -0.39 is 10.0 Å². The molecule has 3 aromatic carbocycles. The van der Waals surface area contributed by atoms with Crippen LogP contribution in [0.5, 0.6) is 11.5 Å². The lowest BCUT2D eigenvalue weighted by Crippen LogP contribution is -2.78. The summed E-state index contributed by atoms with van der Waals surface area (Å²) < 4.78 is 40.2. The molecule has 0 atom stereocenters. The molecular formula is C22H18BrN2O5S+. The van der Waals surface area contributed by atoms with Crippen molar-refractivity contribution < 1.29 is 27.1 Å². The van der Waals surface area contributed by atoms with Crippen molar-refractivity contribution in [1.82, 2.24) is 0 Å². The number of halogens is 1. The Morgan fingerprint density at radius 1 is 1.00 bits per heavy atom. The topological polar surface area (TPSA) is 95.7 Å². The number of benzene rings is 3. The lowest BCUT2D eigenvalue weighted by atomic mass is 10.1. The standard InChI is InChI=1S/C22H17BrN2O5S/c1-14(26)18-11-20-21(30-13-29-20)12-19(18)24-22(15-5-3-2-4-6-15)25-31(27,28)17-9-7-16(23)8-10-17/h2-12H,13H2,1H3,(H,24,25)/p+1. The van der Waals surface area contributed by atoms with E-state index in [9.17, 15) is 13.2 Å². The summed E-state index contributed by atoms with van der Waals surface area (Å²) in [4.78, 5) is 12.3. The number of nitrogens with one attached hydrogen (secondary N) is 2. The number of ketones is 1. The maximum atomic E-state index is 13.0. The van der Waals surface area contributed by atoms with Gasteiger partial charge in [0.1, 0.15) is 10.6 Å². The molecule has 4 rings (SSSR count). The molecule has 7 nitrogen and oxygen atoms in total. The number of anilines is 1. The number of hydrogen-bond donors (Lipinski definition) is 2. The Labute approximate surface area is 187 Å². The lowest BCUT2D eigenvalue weighted by molar-refractivity contribution is -0.266. The average molecular weight is 502 g/mol. The van der Waals surface area contributed by atoms with Gasteiger partial charge in [0.15, 0.2) is 17.3 Å². The number of amidine groups is 1. The molecule has 0 spiro atoms. The smallest absolute Gasteiger partial charge is 0.328 e. The normalized spacial score (nSPS) is 13.2. The fourth-order valence-electron chi connectivity index (χ4n) is 3.04. The number of Topliss-reactive ketones (excluding diaryl/α,β-unsaturated/α-hetero) is 1. The summed E-state index contributed by atoms with van der Waals surface area (Å²) >= 11 is 3.30. The zero-order valence-electron chi connectivity index (χ0n) is 16.4. The van der Waals surface area contributed by atoms with Gasteiger partial charge >= 0.3 is 10.0 Å². The van der Waals surface area contributed by atoms with Gasteiger partial charge in [-0.05, 0) is 49.4 Å². The third kappa shape index (κ3) is 4.62. The summed E-state index contributed by atoms with van der Waals surface area (Å²) in [5.74, 6) is 0.928. The maximum Gasteiger partial charge on any atom is 0.328 e. The monoisotopic (exact) mass is 501 g/mol. The molecule has 1 aliphatic heterocycles. The number of sulfonamides is 1. The molecule has 0 aromatic heterocycles. The van der Waals surface area contributed by atoms with Crippen LogP contribution in [0.2, 0.25) is 0 Å². The Bertz CT molecular complexity index is 1270. The molecular weight excluding hydrogens is 484 g/mol. The second kappa shape index (κ2) is 8.52. The van der Waals surface area contributed by atoms with Crippen LogP contribution in [-0.4, -0.2) is 26.8 Å². The first-order valence-corrected chi connectivity index (χ1v) is 11.5. The second-order valence-corrected chi connectivity index (χ2v) is 9.33. The van der Waals surface area contributed by atoms with Crippen molar-refractivity contribution in [2.75, 3.05) is 12.1 Å². The molecule has 0 fully saturated rings. The number of carbonyl (C=O) groups excluding carboxylic acids is 1. The van der Waals surface area contributed by atoms with Gasteiger partial charge in [-0.2, -0.15) is 12.8 Å². The minimum atomic E-state index is -3.90. The van der Waals surface area contributed by atoms with E-state index in [-0.39, 0.29) is 23.3 Å². The van der Waals surface area contributed by atoms with E-state index in [4.69, 9.17) is 9.47 Å². The van der Waals surface area contributed by atoms with Crippen LogP contribution in [0.15, 0.2) is 76.1 Å². The highest BCUT2D eigenvalue weighted by Crippen LogP contribution is 2.37. The van der Waals surface area contributed by atoms with Crippen LogP contribution in [0.3, 0.4) is 0 Å². The third-order valence-electron chi connectivity index (χ3n) is 4.57. The molecule has 0 saturated heterocycles. The predicted molar refractivity (Wildman–Crippen MR) is 119 cm³/mol. The van der Waals surface area contributed by atoms with Crippen LogP contribution in [0, 0.1) is 0 Å². The summed E-state index contributed by atoms with van der Waals surface area (Å²) in [5.41, 5.74) is 1.34. The van der Waals surface area contributed by atoms with Crippen molar-refractivity contribution in [3.05, 3.63) is 82.3 Å². The van der Waals surface area contributed by atoms with Crippen LogP contribution in [0.1, 0.15) is 22.8 Å². The molecule has 0 aliphatic carbocycles. The zero-order chi connectivity index (χ0) is 22.0. The van der Waals surface area contributed by atoms with Gasteiger partial charge in [0, 0.05) is 10.5 Å². The number of hydrogen-bond acceptors (Lipinski definition) is 5. The van der Waals surface area contributed by atoms with Crippen molar-refractivity contribution in [3.8, 4) is 11.5 Å². The van der Waals surface area contributed by atoms with E-state index in [0.717, 1.165) is 4.47 Å². The Balaban J connectivity index is 1.82. The molecule has 2 N–H and O–H groups in total.